The molecule has 0 aromatic heterocycles. The summed E-state index contributed by atoms with van der Waals surface area (Å²) in [6.45, 7) is 1.88. The SMILES string of the molecule is CC(OC(N)=O)C1CC1. The molecular weight excluding hydrogens is 118 g/mol. The number of amides is 1. The maximum atomic E-state index is 10.1. The minimum Gasteiger partial charge on any atom is -0.446 e. The van der Waals surface area contributed by atoms with Crippen LogP contribution in [0.5, 0.6) is 0 Å². The zero-order valence-electron chi connectivity index (χ0n) is 5.46. The Morgan fingerprint density at radius 3 is 2.67 bits per heavy atom. The van der Waals surface area contributed by atoms with Crippen LogP contribution in [-0.2, 0) is 4.74 Å². The Kier molecular flexibility index (Phi) is 1.60. The number of hydrogen-bond donors (Lipinski definition) is 1. The molecule has 1 unspecified atom stereocenters. The van der Waals surface area contributed by atoms with E-state index in [0.717, 1.165) is 0 Å². The van der Waals surface area contributed by atoms with E-state index in [9.17, 15) is 4.79 Å². The van der Waals surface area contributed by atoms with Crippen molar-refractivity contribution in [1.29, 1.82) is 0 Å². The zero-order valence-corrected chi connectivity index (χ0v) is 5.46. The highest BCUT2D eigenvalue weighted by molar-refractivity contribution is 5.64. The van der Waals surface area contributed by atoms with Crippen LogP contribution < -0.4 is 5.73 Å². The number of hydrogen-bond acceptors (Lipinski definition) is 2. The van der Waals surface area contributed by atoms with Crippen LogP contribution in [0.2, 0.25) is 0 Å². The van der Waals surface area contributed by atoms with E-state index in [1.165, 1.54) is 12.8 Å². The summed E-state index contributed by atoms with van der Waals surface area (Å²) in [5.41, 5.74) is 4.80. The van der Waals surface area contributed by atoms with Gasteiger partial charge in [-0.3, -0.25) is 0 Å². The van der Waals surface area contributed by atoms with Crippen LogP contribution >= 0.6 is 0 Å². The van der Waals surface area contributed by atoms with Crippen LogP contribution in [0.3, 0.4) is 0 Å². The standard InChI is InChI=1S/C6H11NO2/c1-4(5-2-3-5)9-6(7)8/h4-5H,2-3H2,1H3,(H2,7,8). The van der Waals surface area contributed by atoms with Crippen LogP contribution in [0.15, 0.2) is 0 Å². The molecule has 2 N–H and O–H groups in total. The van der Waals surface area contributed by atoms with E-state index in [1.54, 1.807) is 0 Å². The highest BCUT2D eigenvalue weighted by Gasteiger charge is 2.29. The Hall–Kier alpha value is -0.730. The minimum absolute atomic E-state index is 0.0301. The molecule has 1 fully saturated rings. The van der Waals surface area contributed by atoms with Crippen molar-refractivity contribution in [2.45, 2.75) is 25.9 Å². The molecule has 1 amide bonds. The third-order valence-electron chi connectivity index (χ3n) is 1.59. The monoisotopic (exact) mass is 129 g/mol. The highest BCUT2D eigenvalue weighted by atomic mass is 16.6. The molecule has 0 aromatic rings. The van der Waals surface area contributed by atoms with Gasteiger partial charge in [0.25, 0.3) is 0 Å². The summed E-state index contributed by atoms with van der Waals surface area (Å²) >= 11 is 0. The Bertz CT molecular complexity index is 120. The van der Waals surface area contributed by atoms with Crippen molar-refractivity contribution in [3.8, 4) is 0 Å². The normalized spacial score (nSPS) is 21.0. The molecule has 1 saturated carbocycles. The van der Waals surface area contributed by atoms with Crippen molar-refractivity contribution in [1.82, 2.24) is 0 Å². The van der Waals surface area contributed by atoms with Gasteiger partial charge >= 0.3 is 6.09 Å². The molecule has 1 atom stereocenters. The zero-order chi connectivity index (χ0) is 6.85. The fourth-order valence-electron chi connectivity index (χ4n) is 0.845. The first kappa shape index (κ1) is 6.39. The number of rotatable bonds is 2. The Balaban J connectivity index is 2.17. The lowest BCUT2D eigenvalue weighted by molar-refractivity contribution is 0.104. The fraction of sp³-hybridized carbons (Fsp3) is 0.833. The molecule has 0 bridgehead atoms. The second-order valence-corrected chi connectivity index (χ2v) is 2.48. The van der Waals surface area contributed by atoms with E-state index in [2.05, 4.69) is 0 Å². The number of primary amides is 1. The molecule has 0 aliphatic heterocycles. The van der Waals surface area contributed by atoms with E-state index < -0.39 is 6.09 Å². The van der Waals surface area contributed by atoms with Gasteiger partial charge in [-0.25, -0.2) is 4.79 Å². The second kappa shape index (κ2) is 2.25. The van der Waals surface area contributed by atoms with Crippen LogP contribution in [0.4, 0.5) is 4.79 Å². The lowest BCUT2D eigenvalue weighted by Gasteiger charge is -2.07. The van der Waals surface area contributed by atoms with Gasteiger partial charge in [0.2, 0.25) is 0 Å². The maximum absolute atomic E-state index is 10.1. The molecule has 1 aliphatic carbocycles. The quantitative estimate of drug-likeness (QED) is 0.601. The smallest absolute Gasteiger partial charge is 0.404 e. The van der Waals surface area contributed by atoms with Gasteiger partial charge in [-0.05, 0) is 25.7 Å². The van der Waals surface area contributed by atoms with Gasteiger partial charge in [0.15, 0.2) is 0 Å². The molecule has 0 aromatic carbocycles. The van der Waals surface area contributed by atoms with E-state index in [0.29, 0.717) is 5.92 Å². The van der Waals surface area contributed by atoms with E-state index in [1.807, 2.05) is 6.92 Å². The largest absolute Gasteiger partial charge is 0.446 e. The van der Waals surface area contributed by atoms with Crippen molar-refractivity contribution in [3.05, 3.63) is 0 Å². The van der Waals surface area contributed by atoms with Gasteiger partial charge in [0, 0.05) is 0 Å². The predicted molar refractivity (Wildman–Crippen MR) is 32.9 cm³/mol. The first-order valence-electron chi connectivity index (χ1n) is 3.16. The van der Waals surface area contributed by atoms with Crippen LogP contribution in [0.1, 0.15) is 19.8 Å². The third-order valence-corrected chi connectivity index (χ3v) is 1.59. The molecule has 1 rings (SSSR count). The van der Waals surface area contributed by atoms with Gasteiger partial charge in [-0.2, -0.15) is 0 Å². The fourth-order valence-corrected chi connectivity index (χ4v) is 0.845. The minimum atomic E-state index is -0.658. The Labute approximate surface area is 54.2 Å². The molecule has 0 spiro atoms. The number of nitrogens with two attached hydrogens (primary N) is 1. The summed E-state index contributed by atoms with van der Waals surface area (Å²) in [6.07, 6.45) is 1.72. The number of carbonyl (C=O) groups excluding carboxylic acids is 1. The Morgan fingerprint density at radius 1 is 1.78 bits per heavy atom. The first-order valence-corrected chi connectivity index (χ1v) is 3.16. The van der Waals surface area contributed by atoms with Gasteiger partial charge < -0.3 is 10.5 Å². The molecule has 0 saturated heterocycles. The molecule has 1 aliphatic rings. The molecule has 0 radical (unpaired) electrons. The average molecular weight is 129 g/mol. The molecule has 3 heteroatoms. The van der Waals surface area contributed by atoms with Gasteiger partial charge in [-0.1, -0.05) is 0 Å². The van der Waals surface area contributed by atoms with Gasteiger partial charge in [0.05, 0.1) is 0 Å². The summed E-state index contributed by atoms with van der Waals surface area (Å²) in [4.78, 5) is 10.1. The van der Waals surface area contributed by atoms with E-state index in [4.69, 9.17) is 10.5 Å². The van der Waals surface area contributed by atoms with Crippen molar-refractivity contribution in [2.75, 3.05) is 0 Å². The molecule has 9 heavy (non-hydrogen) atoms. The van der Waals surface area contributed by atoms with Crippen molar-refractivity contribution < 1.29 is 9.53 Å². The third kappa shape index (κ3) is 1.91. The molecular formula is C6H11NO2. The topological polar surface area (TPSA) is 52.3 Å². The lowest BCUT2D eigenvalue weighted by atomic mass is 10.3. The Morgan fingerprint density at radius 2 is 2.33 bits per heavy atom. The van der Waals surface area contributed by atoms with Crippen LogP contribution in [-0.4, -0.2) is 12.2 Å². The van der Waals surface area contributed by atoms with Crippen molar-refractivity contribution in [2.24, 2.45) is 11.7 Å². The summed E-state index contributed by atoms with van der Waals surface area (Å²) in [5, 5.41) is 0. The van der Waals surface area contributed by atoms with Crippen LogP contribution in [0, 0.1) is 5.92 Å². The molecule has 0 heterocycles. The van der Waals surface area contributed by atoms with E-state index >= 15 is 0 Å². The predicted octanol–water partition coefficient (Wildman–Crippen LogP) is 0.880. The summed E-state index contributed by atoms with van der Waals surface area (Å²) in [5.74, 6) is 0.581. The van der Waals surface area contributed by atoms with E-state index in [-0.39, 0.29) is 6.10 Å². The second-order valence-electron chi connectivity index (χ2n) is 2.48. The average Bonchev–Trinajstić information content (AvgIpc) is 2.40. The highest BCUT2D eigenvalue weighted by Crippen LogP contribution is 2.33. The number of ether oxygens (including phenoxy) is 1. The molecule has 52 valence electrons. The first-order chi connectivity index (χ1) is 4.20. The summed E-state index contributed by atoms with van der Waals surface area (Å²) in [6, 6.07) is 0. The summed E-state index contributed by atoms with van der Waals surface area (Å²) < 4.78 is 4.71. The molecule has 3 nitrogen and oxygen atoms in total. The van der Waals surface area contributed by atoms with Crippen molar-refractivity contribution in [3.63, 3.8) is 0 Å². The number of carbonyl (C=O) groups is 1. The maximum Gasteiger partial charge on any atom is 0.404 e. The van der Waals surface area contributed by atoms with Crippen molar-refractivity contribution >= 4 is 6.09 Å². The van der Waals surface area contributed by atoms with Gasteiger partial charge in [-0.15, -0.1) is 0 Å². The lowest BCUT2D eigenvalue weighted by Crippen LogP contribution is -2.21. The van der Waals surface area contributed by atoms with Gasteiger partial charge in [0.1, 0.15) is 6.10 Å². The van der Waals surface area contributed by atoms with Crippen LogP contribution in [0.25, 0.3) is 0 Å². The summed E-state index contributed by atoms with van der Waals surface area (Å²) in [7, 11) is 0.